The van der Waals surface area contributed by atoms with Crippen LogP contribution in [0.3, 0.4) is 0 Å². The standard InChI is InChI=1S/C17H22N2O2/c1-3-13-10-14(19(4-2)18-13)11-21-15-6-7-16-12(9-15)5-8-17(16)20/h6-7,9-10,17,20H,3-5,8,11H2,1-2H3. The molecule has 0 radical (unpaired) electrons. The van der Waals surface area contributed by atoms with Crippen LogP contribution in [0.1, 0.15) is 48.9 Å². The molecule has 0 saturated carbocycles. The fourth-order valence-electron chi connectivity index (χ4n) is 2.90. The fraction of sp³-hybridized carbons (Fsp3) is 0.471. The van der Waals surface area contributed by atoms with Crippen LogP contribution < -0.4 is 4.74 Å². The highest BCUT2D eigenvalue weighted by atomic mass is 16.5. The molecule has 0 aliphatic heterocycles. The first-order valence-electron chi connectivity index (χ1n) is 7.70. The molecule has 1 N–H and O–H groups in total. The van der Waals surface area contributed by atoms with Crippen molar-refractivity contribution in [3.05, 3.63) is 46.8 Å². The van der Waals surface area contributed by atoms with E-state index < -0.39 is 0 Å². The molecule has 1 aromatic carbocycles. The number of aromatic nitrogens is 2. The van der Waals surface area contributed by atoms with E-state index in [0.717, 1.165) is 48.5 Å². The Morgan fingerprint density at radius 3 is 2.95 bits per heavy atom. The summed E-state index contributed by atoms with van der Waals surface area (Å²) in [7, 11) is 0. The van der Waals surface area contributed by atoms with Crippen molar-refractivity contribution in [2.24, 2.45) is 0 Å². The quantitative estimate of drug-likeness (QED) is 0.919. The average Bonchev–Trinajstić information content (AvgIpc) is 3.08. The highest BCUT2D eigenvalue weighted by molar-refractivity contribution is 5.39. The second-order valence-electron chi connectivity index (χ2n) is 5.50. The number of hydrogen-bond acceptors (Lipinski definition) is 3. The first-order chi connectivity index (χ1) is 10.2. The molecule has 21 heavy (non-hydrogen) atoms. The summed E-state index contributed by atoms with van der Waals surface area (Å²) in [6.07, 6.45) is 2.39. The van der Waals surface area contributed by atoms with Crippen LogP contribution in [-0.2, 0) is 26.0 Å². The largest absolute Gasteiger partial charge is 0.487 e. The highest BCUT2D eigenvalue weighted by Gasteiger charge is 2.20. The second kappa shape index (κ2) is 5.90. The van der Waals surface area contributed by atoms with Gasteiger partial charge in [0.05, 0.1) is 17.5 Å². The number of benzene rings is 1. The summed E-state index contributed by atoms with van der Waals surface area (Å²) >= 11 is 0. The molecule has 1 aromatic heterocycles. The summed E-state index contributed by atoms with van der Waals surface area (Å²) in [5.74, 6) is 0.866. The number of aliphatic hydroxyl groups is 1. The molecular weight excluding hydrogens is 264 g/mol. The van der Waals surface area contributed by atoms with E-state index in [9.17, 15) is 5.11 Å². The molecule has 0 amide bonds. The number of ether oxygens (including phenoxy) is 1. The Morgan fingerprint density at radius 1 is 1.33 bits per heavy atom. The lowest BCUT2D eigenvalue weighted by molar-refractivity contribution is 0.180. The Morgan fingerprint density at radius 2 is 2.19 bits per heavy atom. The van der Waals surface area contributed by atoms with Gasteiger partial charge < -0.3 is 9.84 Å². The smallest absolute Gasteiger partial charge is 0.130 e. The van der Waals surface area contributed by atoms with E-state index in [2.05, 4.69) is 31.1 Å². The lowest BCUT2D eigenvalue weighted by Crippen LogP contribution is -2.06. The molecule has 0 spiro atoms. The SMILES string of the molecule is CCc1cc(COc2ccc3c(c2)CCC3O)n(CC)n1. The van der Waals surface area contributed by atoms with Crippen molar-refractivity contribution in [1.29, 1.82) is 0 Å². The molecule has 3 rings (SSSR count). The van der Waals surface area contributed by atoms with Crippen LogP contribution in [0.2, 0.25) is 0 Å². The monoisotopic (exact) mass is 286 g/mol. The van der Waals surface area contributed by atoms with Crippen LogP contribution in [0.5, 0.6) is 5.75 Å². The maximum Gasteiger partial charge on any atom is 0.130 e. The molecule has 112 valence electrons. The van der Waals surface area contributed by atoms with E-state index in [1.807, 2.05) is 16.8 Å². The predicted molar refractivity (Wildman–Crippen MR) is 81.3 cm³/mol. The number of aliphatic hydroxyl groups excluding tert-OH is 1. The molecule has 1 atom stereocenters. The lowest BCUT2D eigenvalue weighted by atomic mass is 10.1. The van der Waals surface area contributed by atoms with Crippen LogP contribution in [-0.4, -0.2) is 14.9 Å². The molecule has 1 aliphatic carbocycles. The van der Waals surface area contributed by atoms with E-state index in [1.54, 1.807) is 0 Å². The Hall–Kier alpha value is -1.81. The minimum atomic E-state index is -0.303. The summed E-state index contributed by atoms with van der Waals surface area (Å²) in [6, 6.07) is 8.09. The molecule has 1 aliphatic rings. The van der Waals surface area contributed by atoms with Gasteiger partial charge in [0, 0.05) is 6.54 Å². The van der Waals surface area contributed by atoms with Crippen molar-refractivity contribution in [3.8, 4) is 5.75 Å². The predicted octanol–water partition coefficient (Wildman–Crippen LogP) is 3.02. The Balaban J connectivity index is 1.72. The number of hydrogen-bond donors (Lipinski definition) is 1. The molecule has 4 nitrogen and oxygen atoms in total. The minimum Gasteiger partial charge on any atom is -0.487 e. The Kier molecular flexibility index (Phi) is 3.97. The van der Waals surface area contributed by atoms with Gasteiger partial charge in [-0.3, -0.25) is 4.68 Å². The lowest BCUT2D eigenvalue weighted by Gasteiger charge is -2.10. The summed E-state index contributed by atoms with van der Waals surface area (Å²) in [4.78, 5) is 0. The summed E-state index contributed by atoms with van der Waals surface area (Å²) < 4.78 is 7.91. The maximum absolute atomic E-state index is 9.83. The normalized spacial score (nSPS) is 17.0. The van der Waals surface area contributed by atoms with Crippen LogP contribution in [0.4, 0.5) is 0 Å². The van der Waals surface area contributed by atoms with E-state index >= 15 is 0 Å². The van der Waals surface area contributed by atoms with E-state index in [0.29, 0.717) is 6.61 Å². The van der Waals surface area contributed by atoms with Gasteiger partial charge in [-0.05, 0) is 55.5 Å². The number of fused-ring (bicyclic) bond motifs is 1. The van der Waals surface area contributed by atoms with Crippen molar-refractivity contribution in [2.75, 3.05) is 0 Å². The minimum absolute atomic E-state index is 0.303. The molecule has 0 fully saturated rings. The summed E-state index contributed by atoms with van der Waals surface area (Å²) in [5, 5.41) is 14.4. The summed E-state index contributed by atoms with van der Waals surface area (Å²) in [6.45, 7) is 5.59. The fourth-order valence-corrected chi connectivity index (χ4v) is 2.90. The first kappa shape index (κ1) is 14.1. The van der Waals surface area contributed by atoms with Gasteiger partial charge in [-0.15, -0.1) is 0 Å². The Bertz CT molecular complexity index is 634. The Labute approximate surface area is 125 Å². The van der Waals surface area contributed by atoms with E-state index in [4.69, 9.17) is 4.74 Å². The zero-order valence-electron chi connectivity index (χ0n) is 12.7. The molecule has 0 bridgehead atoms. The van der Waals surface area contributed by atoms with Crippen molar-refractivity contribution in [2.45, 2.75) is 52.4 Å². The van der Waals surface area contributed by atoms with Gasteiger partial charge >= 0.3 is 0 Å². The van der Waals surface area contributed by atoms with Crippen LogP contribution in [0.15, 0.2) is 24.3 Å². The second-order valence-corrected chi connectivity index (χ2v) is 5.50. The topological polar surface area (TPSA) is 47.3 Å². The maximum atomic E-state index is 9.83. The summed E-state index contributed by atoms with van der Waals surface area (Å²) in [5.41, 5.74) is 4.47. The van der Waals surface area contributed by atoms with Gasteiger partial charge in [0.15, 0.2) is 0 Å². The van der Waals surface area contributed by atoms with E-state index in [-0.39, 0.29) is 6.10 Å². The zero-order chi connectivity index (χ0) is 14.8. The zero-order valence-corrected chi connectivity index (χ0v) is 12.7. The van der Waals surface area contributed by atoms with Crippen molar-refractivity contribution < 1.29 is 9.84 Å². The van der Waals surface area contributed by atoms with Crippen LogP contribution >= 0.6 is 0 Å². The van der Waals surface area contributed by atoms with Crippen molar-refractivity contribution >= 4 is 0 Å². The van der Waals surface area contributed by atoms with Gasteiger partial charge in [0.1, 0.15) is 12.4 Å². The molecule has 2 aromatic rings. The molecule has 0 saturated heterocycles. The van der Waals surface area contributed by atoms with Gasteiger partial charge in [-0.25, -0.2) is 0 Å². The molecular formula is C17H22N2O2. The third kappa shape index (κ3) is 2.81. The third-order valence-corrected chi connectivity index (χ3v) is 4.12. The van der Waals surface area contributed by atoms with Crippen molar-refractivity contribution in [3.63, 3.8) is 0 Å². The molecule has 1 heterocycles. The van der Waals surface area contributed by atoms with Gasteiger partial charge in [-0.1, -0.05) is 13.0 Å². The van der Waals surface area contributed by atoms with Crippen molar-refractivity contribution in [1.82, 2.24) is 9.78 Å². The molecule has 4 heteroatoms. The third-order valence-electron chi connectivity index (χ3n) is 4.12. The highest BCUT2D eigenvalue weighted by Crippen LogP contribution is 2.33. The van der Waals surface area contributed by atoms with Gasteiger partial charge in [0.2, 0.25) is 0 Å². The van der Waals surface area contributed by atoms with Crippen LogP contribution in [0, 0.1) is 0 Å². The number of aryl methyl sites for hydroxylation is 3. The number of nitrogens with zero attached hydrogens (tertiary/aromatic N) is 2. The first-order valence-corrected chi connectivity index (χ1v) is 7.70. The number of rotatable bonds is 5. The van der Waals surface area contributed by atoms with E-state index in [1.165, 1.54) is 5.56 Å². The van der Waals surface area contributed by atoms with Gasteiger partial charge in [0.25, 0.3) is 0 Å². The molecule has 1 unspecified atom stereocenters. The van der Waals surface area contributed by atoms with Crippen LogP contribution in [0.25, 0.3) is 0 Å². The average molecular weight is 286 g/mol. The van der Waals surface area contributed by atoms with Gasteiger partial charge in [-0.2, -0.15) is 5.10 Å².